The van der Waals surface area contributed by atoms with Crippen molar-refractivity contribution in [3.05, 3.63) is 63.6 Å². The van der Waals surface area contributed by atoms with Crippen LogP contribution in [-0.2, 0) is 0 Å². The third kappa shape index (κ3) is 2.77. The fourth-order valence-electron chi connectivity index (χ4n) is 1.53. The molecule has 0 bridgehead atoms. The van der Waals surface area contributed by atoms with Crippen LogP contribution in [-0.4, -0.2) is 10.8 Å². The summed E-state index contributed by atoms with van der Waals surface area (Å²) in [4.78, 5) is 16.0. The summed E-state index contributed by atoms with van der Waals surface area (Å²) in [7, 11) is 0. The van der Waals surface area contributed by atoms with Crippen LogP contribution in [0.2, 0.25) is 0 Å². The molecule has 1 aromatic carbocycles. The highest BCUT2D eigenvalue weighted by atomic mass is 79.9. The summed E-state index contributed by atoms with van der Waals surface area (Å²) in [5, 5.41) is 0. The summed E-state index contributed by atoms with van der Waals surface area (Å²) < 4.78 is 14.0. The Morgan fingerprint density at radius 1 is 1.29 bits per heavy atom. The van der Waals surface area contributed by atoms with Gasteiger partial charge in [-0.15, -0.1) is 0 Å². The predicted octanol–water partition coefficient (Wildman–Crippen LogP) is 3.52. The molecule has 0 N–H and O–H groups in total. The molecule has 17 heavy (non-hydrogen) atoms. The minimum Gasteiger partial charge on any atom is -0.287 e. The van der Waals surface area contributed by atoms with Crippen LogP contribution in [0.1, 0.15) is 21.6 Å². The zero-order valence-corrected chi connectivity index (χ0v) is 10.7. The molecule has 4 heteroatoms. The number of hydrogen-bond acceptors (Lipinski definition) is 2. The molecular weight excluding hydrogens is 285 g/mol. The van der Waals surface area contributed by atoms with E-state index in [-0.39, 0.29) is 5.78 Å². The molecule has 0 aliphatic rings. The van der Waals surface area contributed by atoms with Gasteiger partial charge in [0.05, 0.1) is 0 Å². The third-order valence-corrected chi connectivity index (χ3v) is 2.73. The van der Waals surface area contributed by atoms with E-state index in [0.29, 0.717) is 16.8 Å². The van der Waals surface area contributed by atoms with Crippen LogP contribution < -0.4 is 0 Å². The van der Waals surface area contributed by atoms with Crippen LogP contribution in [0.25, 0.3) is 0 Å². The average Bonchev–Trinajstić information content (AvgIpc) is 2.28. The first-order chi connectivity index (χ1) is 8.06. The highest BCUT2D eigenvalue weighted by Gasteiger charge is 2.11. The van der Waals surface area contributed by atoms with Gasteiger partial charge < -0.3 is 0 Å². The van der Waals surface area contributed by atoms with Crippen molar-refractivity contribution in [2.45, 2.75) is 6.92 Å². The first-order valence-electron chi connectivity index (χ1n) is 5.00. The molecule has 0 amide bonds. The zero-order valence-electron chi connectivity index (χ0n) is 9.08. The van der Waals surface area contributed by atoms with E-state index in [1.807, 2.05) is 0 Å². The number of carbonyl (C=O) groups excluding carboxylic acids is 1. The van der Waals surface area contributed by atoms with Crippen LogP contribution >= 0.6 is 15.9 Å². The number of halogens is 2. The Balaban J connectivity index is 2.40. The van der Waals surface area contributed by atoms with E-state index in [1.54, 1.807) is 31.3 Å². The Bertz CT molecular complexity index is 546. The van der Waals surface area contributed by atoms with E-state index in [9.17, 15) is 9.18 Å². The lowest BCUT2D eigenvalue weighted by Gasteiger charge is -2.02. The maximum atomic E-state index is 13.2. The van der Waals surface area contributed by atoms with Crippen molar-refractivity contribution in [2.75, 3.05) is 0 Å². The van der Waals surface area contributed by atoms with Gasteiger partial charge in [-0.05, 0) is 58.7 Å². The summed E-state index contributed by atoms with van der Waals surface area (Å²) in [6, 6.07) is 7.58. The zero-order chi connectivity index (χ0) is 12.4. The minimum atomic E-state index is -0.412. The molecule has 86 valence electrons. The standard InChI is InChI=1S/C13H9BrFNO/c1-8-4-9(6-11(15)5-8)13(17)12-3-2-10(14)7-16-12/h2-7H,1H3. The van der Waals surface area contributed by atoms with Crippen molar-refractivity contribution in [3.63, 3.8) is 0 Å². The molecule has 2 rings (SSSR count). The predicted molar refractivity (Wildman–Crippen MR) is 66.5 cm³/mol. The smallest absolute Gasteiger partial charge is 0.211 e. The fraction of sp³-hybridized carbons (Fsp3) is 0.0769. The Hall–Kier alpha value is -1.55. The SMILES string of the molecule is Cc1cc(F)cc(C(=O)c2ccc(Br)cn2)c1. The Labute approximate surface area is 107 Å². The molecule has 0 radical (unpaired) electrons. The molecule has 2 nitrogen and oxygen atoms in total. The molecule has 0 aliphatic heterocycles. The number of carbonyl (C=O) groups is 1. The molecule has 0 fully saturated rings. The van der Waals surface area contributed by atoms with Gasteiger partial charge >= 0.3 is 0 Å². The minimum absolute atomic E-state index is 0.278. The van der Waals surface area contributed by atoms with Crippen molar-refractivity contribution < 1.29 is 9.18 Å². The van der Waals surface area contributed by atoms with Crippen molar-refractivity contribution in [1.82, 2.24) is 4.98 Å². The highest BCUT2D eigenvalue weighted by molar-refractivity contribution is 9.10. The van der Waals surface area contributed by atoms with Crippen molar-refractivity contribution in [2.24, 2.45) is 0 Å². The summed E-state index contributed by atoms with van der Waals surface area (Å²) in [5.41, 5.74) is 1.33. The van der Waals surface area contributed by atoms with Gasteiger partial charge in [0.2, 0.25) is 5.78 Å². The average molecular weight is 294 g/mol. The second-order valence-corrected chi connectivity index (χ2v) is 4.62. The van der Waals surface area contributed by atoms with Gasteiger partial charge in [-0.25, -0.2) is 4.39 Å². The topological polar surface area (TPSA) is 30.0 Å². The van der Waals surface area contributed by atoms with Gasteiger partial charge in [-0.2, -0.15) is 0 Å². The summed E-state index contributed by atoms with van der Waals surface area (Å²) in [5.74, 6) is -0.689. The molecule has 0 atom stereocenters. The van der Waals surface area contributed by atoms with E-state index < -0.39 is 5.82 Å². The summed E-state index contributed by atoms with van der Waals surface area (Å²) >= 11 is 3.24. The first kappa shape index (κ1) is 11.9. The van der Waals surface area contributed by atoms with E-state index in [0.717, 1.165) is 4.47 Å². The first-order valence-corrected chi connectivity index (χ1v) is 5.79. The highest BCUT2D eigenvalue weighted by Crippen LogP contribution is 2.14. The number of ketones is 1. The Morgan fingerprint density at radius 2 is 2.06 bits per heavy atom. The molecular formula is C13H9BrFNO. The molecule has 1 heterocycles. The van der Waals surface area contributed by atoms with Crippen molar-refractivity contribution in [3.8, 4) is 0 Å². The monoisotopic (exact) mass is 293 g/mol. The summed E-state index contributed by atoms with van der Waals surface area (Å²) in [6.45, 7) is 1.74. The normalized spacial score (nSPS) is 10.3. The third-order valence-electron chi connectivity index (χ3n) is 2.26. The quantitative estimate of drug-likeness (QED) is 0.793. The Morgan fingerprint density at radius 3 is 2.65 bits per heavy atom. The van der Waals surface area contributed by atoms with E-state index in [2.05, 4.69) is 20.9 Å². The van der Waals surface area contributed by atoms with Crippen LogP contribution in [0.4, 0.5) is 4.39 Å². The lowest BCUT2D eigenvalue weighted by atomic mass is 10.1. The van der Waals surface area contributed by atoms with Crippen LogP contribution in [0, 0.1) is 12.7 Å². The largest absolute Gasteiger partial charge is 0.287 e. The van der Waals surface area contributed by atoms with E-state index in [1.165, 1.54) is 12.1 Å². The number of hydrogen-bond donors (Lipinski definition) is 0. The molecule has 0 unspecified atom stereocenters. The molecule has 0 saturated carbocycles. The van der Waals surface area contributed by atoms with Gasteiger partial charge in [-0.1, -0.05) is 0 Å². The second kappa shape index (κ2) is 4.75. The van der Waals surface area contributed by atoms with Crippen molar-refractivity contribution in [1.29, 1.82) is 0 Å². The molecule has 0 spiro atoms. The van der Waals surface area contributed by atoms with Crippen molar-refractivity contribution >= 4 is 21.7 Å². The lowest BCUT2D eigenvalue weighted by molar-refractivity contribution is 0.103. The number of rotatable bonds is 2. The number of benzene rings is 1. The molecule has 1 aromatic heterocycles. The Kier molecular flexibility index (Phi) is 3.33. The summed E-state index contributed by atoms with van der Waals surface area (Å²) in [6.07, 6.45) is 1.54. The number of nitrogens with zero attached hydrogens (tertiary/aromatic N) is 1. The van der Waals surface area contributed by atoms with Gasteiger partial charge in [0.1, 0.15) is 11.5 Å². The molecule has 0 saturated heterocycles. The maximum absolute atomic E-state index is 13.2. The number of aromatic nitrogens is 1. The lowest BCUT2D eigenvalue weighted by Crippen LogP contribution is -2.04. The van der Waals surface area contributed by atoms with Gasteiger partial charge in [-0.3, -0.25) is 9.78 Å². The number of pyridine rings is 1. The number of aryl methyl sites for hydroxylation is 1. The van der Waals surface area contributed by atoms with Gasteiger partial charge in [0, 0.05) is 16.2 Å². The van der Waals surface area contributed by atoms with Gasteiger partial charge in [0.25, 0.3) is 0 Å². The molecule has 0 aliphatic carbocycles. The fourth-order valence-corrected chi connectivity index (χ4v) is 1.76. The van der Waals surface area contributed by atoms with E-state index >= 15 is 0 Å². The second-order valence-electron chi connectivity index (χ2n) is 3.71. The van der Waals surface area contributed by atoms with Crippen LogP contribution in [0.15, 0.2) is 41.0 Å². The van der Waals surface area contributed by atoms with E-state index in [4.69, 9.17) is 0 Å². The van der Waals surface area contributed by atoms with Gasteiger partial charge in [0.15, 0.2) is 0 Å². The van der Waals surface area contributed by atoms with Crippen LogP contribution in [0.3, 0.4) is 0 Å². The molecule has 2 aromatic rings. The maximum Gasteiger partial charge on any atom is 0.211 e. The van der Waals surface area contributed by atoms with Crippen LogP contribution in [0.5, 0.6) is 0 Å².